The largest absolute Gasteiger partial charge is 0.478 e. The zero-order valence-corrected chi connectivity index (χ0v) is 13.6. The highest BCUT2D eigenvalue weighted by molar-refractivity contribution is 6.06. The number of carboxylic acid groups (broad SMARTS) is 2. The molecule has 0 aromatic heterocycles. The van der Waals surface area contributed by atoms with Crippen LogP contribution in [0.3, 0.4) is 0 Å². The molecule has 2 N–H and O–H groups in total. The summed E-state index contributed by atoms with van der Waals surface area (Å²) in [5.41, 5.74) is 2.77. The minimum atomic E-state index is -1.24. The lowest BCUT2D eigenvalue weighted by atomic mass is 9.91. The Kier molecular flexibility index (Phi) is 7.10. The van der Waals surface area contributed by atoms with E-state index in [9.17, 15) is 14.7 Å². The van der Waals surface area contributed by atoms with Gasteiger partial charge in [0.05, 0.1) is 11.1 Å². The predicted molar refractivity (Wildman–Crippen MR) is 89.8 cm³/mol. The van der Waals surface area contributed by atoms with Crippen LogP contribution in [-0.2, 0) is 0 Å². The van der Waals surface area contributed by atoms with Crippen LogP contribution in [0.5, 0.6) is 0 Å². The summed E-state index contributed by atoms with van der Waals surface area (Å²) >= 11 is 0. The quantitative estimate of drug-likeness (QED) is 0.875. The van der Waals surface area contributed by atoms with Gasteiger partial charge in [-0.2, -0.15) is 0 Å². The zero-order chi connectivity index (χ0) is 14.9. The first-order chi connectivity index (χ1) is 9.43. The van der Waals surface area contributed by atoms with Gasteiger partial charge in [0.2, 0.25) is 0 Å². The van der Waals surface area contributed by atoms with Crippen LogP contribution < -0.4 is 0 Å². The van der Waals surface area contributed by atoms with Crippen molar-refractivity contribution in [2.24, 2.45) is 0 Å². The molecular formula is C16H16Cl2O4. The van der Waals surface area contributed by atoms with Gasteiger partial charge < -0.3 is 10.2 Å². The van der Waals surface area contributed by atoms with Crippen molar-refractivity contribution >= 4 is 36.8 Å². The molecule has 2 rings (SSSR count). The molecule has 0 aliphatic heterocycles. The van der Waals surface area contributed by atoms with Crippen molar-refractivity contribution < 1.29 is 19.8 Å². The second kappa shape index (κ2) is 7.82. The van der Waals surface area contributed by atoms with E-state index in [4.69, 9.17) is 5.11 Å². The number of aryl methyl sites for hydroxylation is 1. The number of hydrogen-bond acceptors (Lipinski definition) is 2. The molecule has 0 saturated heterocycles. The molecule has 0 atom stereocenters. The number of hydrogen-bond donors (Lipinski definition) is 2. The van der Waals surface area contributed by atoms with Gasteiger partial charge in [0, 0.05) is 0 Å². The Bertz CT molecular complexity index is 711. The third-order valence-corrected chi connectivity index (χ3v) is 3.40. The Morgan fingerprint density at radius 2 is 1.36 bits per heavy atom. The van der Waals surface area contributed by atoms with Gasteiger partial charge in [-0.1, -0.05) is 30.3 Å². The molecule has 2 aromatic rings. The van der Waals surface area contributed by atoms with Crippen LogP contribution >= 0.6 is 24.8 Å². The van der Waals surface area contributed by atoms with Gasteiger partial charge in [-0.05, 0) is 42.2 Å². The molecule has 0 spiro atoms. The summed E-state index contributed by atoms with van der Waals surface area (Å²) < 4.78 is 0. The average molecular weight is 343 g/mol. The van der Waals surface area contributed by atoms with Crippen LogP contribution in [0.4, 0.5) is 0 Å². The molecule has 118 valence electrons. The molecule has 0 bridgehead atoms. The van der Waals surface area contributed by atoms with E-state index < -0.39 is 11.9 Å². The predicted octanol–water partition coefficient (Wildman–Crippen LogP) is 4.21. The molecule has 0 aliphatic carbocycles. The number of aromatic carboxylic acids is 2. The fraction of sp³-hybridized carbons (Fsp3) is 0.125. The Morgan fingerprint density at radius 3 is 1.91 bits per heavy atom. The lowest BCUT2D eigenvalue weighted by Crippen LogP contribution is -2.10. The van der Waals surface area contributed by atoms with Crippen molar-refractivity contribution in [2.75, 3.05) is 0 Å². The van der Waals surface area contributed by atoms with E-state index in [0.717, 1.165) is 16.7 Å². The van der Waals surface area contributed by atoms with Crippen LogP contribution in [0, 0.1) is 13.8 Å². The Balaban J connectivity index is 0.00000220. The molecule has 4 nitrogen and oxygen atoms in total. The van der Waals surface area contributed by atoms with E-state index >= 15 is 0 Å². The molecule has 0 unspecified atom stereocenters. The minimum absolute atomic E-state index is 0. The molecule has 0 fully saturated rings. The van der Waals surface area contributed by atoms with Crippen molar-refractivity contribution in [3.63, 3.8) is 0 Å². The van der Waals surface area contributed by atoms with E-state index in [2.05, 4.69) is 0 Å². The molecule has 0 aliphatic rings. The lowest BCUT2D eigenvalue weighted by molar-refractivity contribution is 0.0652. The average Bonchev–Trinajstić information content (AvgIpc) is 2.40. The lowest BCUT2D eigenvalue weighted by Gasteiger charge is -2.13. The van der Waals surface area contributed by atoms with Gasteiger partial charge in [0.15, 0.2) is 0 Å². The highest BCUT2D eigenvalue weighted by Gasteiger charge is 2.21. The third kappa shape index (κ3) is 3.59. The van der Waals surface area contributed by atoms with Crippen molar-refractivity contribution in [1.29, 1.82) is 0 Å². The van der Waals surface area contributed by atoms with Gasteiger partial charge in [0.1, 0.15) is 0 Å². The van der Waals surface area contributed by atoms with Crippen molar-refractivity contribution in [3.8, 4) is 11.1 Å². The smallest absolute Gasteiger partial charge is 0.337 e. The molecule has 2 aromatic carbocycles. The summed E-state index contributed by atoms with van der Waals surface area (Å²) in [7, 11) is 0. The molecule has 22 heavy (non-hydrogen) atoms. The first-order valence-corrected chi connectivity index (χ1v) is 6.09. The summed E-state index contributed by atoms with van der Waals surface area (Å²) in [6, 6.07) is 10.1. The highest BCUT2D eigenvalue weighted by atomic mass is 35.5. The number of carboxylic acids is 2. The molecule has 6 heteroatoms. The van der Waals surface area contributed by atoms with E-state index in [0.29, 0.717) is 5.56 Å². The number of carbonyl (C=O) groups is 2. The molecule has 0 radical (unpaired) electrons. The van der Waals surface area contributed by atoms with Crippen LogP contribution in [0.25, 0.3) is 11.1 Å². The Hall–Kier alpha value is -2.04. The minimum Gasteiger partial charge on any atom is -0.478 e. The first kappa shape index (κ1) is 20.0. The van der Waals surface area contributed by atoms with Crippen LogP contribution in [0.15, 0.2) is 36.4 Å². The summed E-state index contributed by atoms with van der Waals surface area (Å²) in [5.74, 6) is -2.48. The fourth-order valence-electron chi connectivity index (χ4n) is 2.23. The van der Waals surface area contributed by atoms with Gasteiger partial charge in [-0.25, -0.2) is 9.59 Å². The monoisotopic (exact) mass is 342 g/mol. The van der Waals surface area contributed by atoms with Gasteiger partial charge in [-0.15, -0.1) is 24.8 Å². The second-order valence-corrected chi connectivity index (χ2v) is 4.59. The number of halogens is 2. The molecule has 0 amide bonds. The van der Waals surface area contributed by atoms with Gasteiger partial charge >= 0.3 is 11.9 Å². The molecular weight excluding hydrogens is 327 g/mol. The van der Waals surface area contributed by atoms with Crippen molar-refractivity contribution in [3.05, 3.63) is 58.7 Å². The topological polar surface area (TPSA) is 74.6 Å². The van der Waals surface area contributed by atoms with E-state index in [1.807, 2.05) is 26.0 Å². The molecule has 0 heterocycles. The molecule has 0 saturated carbocycles. The summed E-state index contributed by atoms with van der Waals surface area (Å²) in [6.07, 6.45) is 0. The number of rotatable bonds is 3. The Labute approximate surface area is 140 Å². The van der Waals surface area contributed by atoms with Crippen LogP contribution in [0.2, 0.25) is 0 Å². The van der Waals surface area contributed by atoms with E-state index in [1.165, 1.54) is 6.07 Å². The maximum absolute atomic E-state index is 11.5. The number of benzene rings is 2. The fourth-order valence-corrected chi connectivity index (χ4v) is 2.23. The highest BCUT2D eigenvalue weighted by Crippen LogP contribution is 2.30. The summed E-state index contributed by atoms with van der Waals surface area (Å²) in [6.45, 7) is 3.82. The maximum Gasteiger partial charge on any atom is 0.337 e. The SMILES string of the molecule is Cc1cccc(-c2cccc(C(=O)O)c2C(=O)O)c1C.Cl.Cl. The normalized spacial score (nSPS) is 9.36. The maximum atomic E-state index is 11.5. The van der Waals surface area contributed by atoms with Crippen LogP contribution in [-0.4, -0.2) is 22.2 Å². The van der Waals surface area contributed by atoms with E-state index in [1.54, 1.807) is 18.2 Å². The van der Waals surface area contributed by atoms with Crippen molar-refractivity contribution in [1.82, 2.24) is 0 Å². The summed E-state index contributed by atoms with van der Waals surface area (Å²) in [4.78, 5) is 22.7. The zero-order valence-electron chi connectivity index (χ0n) is 12.0. The first-order valence-electron chi connectivity index (χ1n) is 6.09. The van der Waals surface area contributed by atoms with E-state index in [-0.39, 0.29) is 35.9 Å². The van der Waals surface area contributed by atoms with Gasteiger partial charge in [0.25, 0.3) is 0 Å². The second-order valence-electron chi connectivity index (χ2n) is 4.59. The Morgan fingerprint density at radius 1 is 0.818 bits per heavy atom. The van der Waals surface area contributed by atoms with Crippen molar-refractivity contribution in [2.45, 2.75) is 13.8 Å². The summed E-state index contributed by atoms with van der Waals surface area (Å²) in [5, 5.41) is 18.5. The van der Waals surface area contributed by atoms with Gasteiger partial charge in [-0.3, -0.25) is 0 Å². The third-order valence-electron chi connectivity index (χ3n) is 3.40. The standard InChI is InChI=1S/C16H14O4.2ClH/c1-9-5-3-6-11(10(9)2)12-7-4-8-13(15(17)18)14(12)16(19)20;;/h3-8H,1-2H3,(H,17,18)(H,19,20);2*1H. The van der Waals surface area contributed by atoms with Crippen LogP contribution in [0.1, 0.15) is 31.8 Å².